The van der Waals surface area contributed by atoms with Crippen LogP contribution in [-0.2, 0) is 4.79 Å². The molecule has 3 aromatic carbocycles. The van der Waals surface area contributed by atoms with E-state index in [1.54, 1.807) is 23.1 Å². The van der Waals surface area contributed by atoms with Gasteiger partial charge in [-0.3, -0.25) is 9.69 Å². The van der Waals surface area contributed by atoms with Crippen LogP contribution < -0.4 is 4.90 Å². The smallest absolute Gasteiger partial charge is 0.266 e. The van der Waals surface area contributed by atoms with E-state index in [9.17, 15) is 9.18 Å². The van der Waals surface area contributed by atoms with Crippen molar-refractivity contribution in [1.82, 2.24) is 0 Å². The van der Waals surface area contributed by atoms with E-state index in [0.717, 1.165) is 22.4 Å². The second-order valence-electron chi connectivity index (χ2n) is 6.36. The lowest BCUT2D eigenvalue weighted by Gasteiger charge is -2.18. The summed E-state index contributed by atoms with van der Waals surface area (Å²) in [6, 6.07) is 23.3. The summed E-state index contributed by atoms with van der Waals surface area (Å²) < 4.78 is 13.2. The molecule has 1 aliphatic rings. The number of hydrogen-bond acceptors (Lipinski definition) is 2. The minimum Gasteiger partial charge on any atom is -0.266 e. The lowest BCUT2D eigenvalue weighted by atomic mass is 10.1. The van der Waals surface area contributed by atoms with Gasteiger partial charge in [0.05, 0.1) is 5.69 Å². The fourth-order valence-electron chi connectivity index (χ4n) is 2.95. The second kappa shape index (κ2) is 7.00. The van der Waals surface area contributed by atoms with E-state index >= 15 is 0 Å². The molecule has 1 aliphatic heterocycles. The molecule has 4 heteroatoms. The highest BCUT2D eigenvalue weighted by molar-refractivity contribution is 6.33. The highest BCUT2D eigenvalue weighted by Crippen LogP contribution is 2.28. The maximum Gasteiger partial charge on any atom is 0.282 e. The van der Waals surface area contributed by atoms with Crippen LogP contribution in [0.3, 0.4) is 0 Å². The molecular weight excluding hydrogens is 339 g/mol. The molecule has 0 N–H and O–H groups in total. The molecular formula is C23H17FN2O. The number of hydrogen-bond donors (Lipinski definition) is 0. The Hall–Kier alpha value is -3.53. The van der Waals surface area contributed by atoms with E-state index in [1.165, 1.54) is 12.1 Å². The summed E-state index contributed by atoms with van der Waals surface area (Å²) in [6.45, 7) is 2.00. The molecule has 0 saturated carbocycles. The molecule has 0 atom stereocenters. The molecule has 4 rings (SSSR count). The van der Waals surface area contributed by atoms with Crippen LogP contribution in [0.25, 0.3) is 6.08 Å². The summed E-state index contributed by atoms with van der Waals surface area (Å²) in [5.41, 5.74) is 3.78. The first-order chi connectivity index (χ1) is 13.1. The van der Waals surface area contributed by atoms with Gasteiger partial charge in [-0.1, -0.05) is 60.2 Å². The molecule has 132 valence electrons. The van der Waals surface area contributed by atoms with E-state index in [4.69, 9.17) is 0 Å². The first kappa shape index (κ1) is 16.9. The molecule has 1 amide bonds. The Morgan fingerprint density at radius 1 is 0.889 bits per heavy atom. The first-order valence-corrected chi connectivity index (χ1v) is 8.64. The van der Waals surface area contributed by atoms with Gasteiger partial charge in [-0.15, -0.1) is 0 Å². The van der Waals surface area contributed by atoms with Gasteiger partial charge >= 0.3 is 0 Å². The van der Waals surface area contributed by atoms with Crippen molar-refractivity contribution in [3.05, 3.63) is 107 Å². The van der Waals surface area contributed by atoms with E-state index in [1.807, 2.05) is 61.5 Å². The van der Waals surface area contributed by atoms with Crippen LogP contribution >= 0.6 is 0 Å². The van der Waals surface area contributed by atoms with Gasteiger partial charge in [-0.25, -0.2) is 9.38 Å². The van der Waals surface area contributed by atoms with E-state index in [-0.39, 0.29) is 11.7 Å². The van der Waals surface area contributed by atoms with E-state index < -0.39 is 0 Å². The Morgan fingerprint density at radius 3 is 2.22 bits per heavy atom. The van der Waals surface area contributed by atoms with Gasteiger partial charge in [0.2, 0.25) is 0 Å². The average molecular weight is 356 g/mol. The summed E-state index contributed by atoms with van der Waals surface area (Å²) in [5, 5.41) is 0. The minimum atomic E-state index is -0.315. The van der Waals surface area contributed by atoms with Gasteiger partial charge < -0.3 is 0 Å². The van der Waals surface area contributed by atoms with Crippen molar-refractivity contribution < 1.29 is 9.18 Å². The lowest BCUT2D eigenvalue weighted by Crippen LogP contribution is -2.32. The highest BCUT2D eigenvalue weighted by atomic mass is 19.1. The third kappa shape index (κ3) is 3.42. The molecule has 27 heavy (non-hydrogen) atoms. The van der Waals surface area contributed by atoms with Crippen molar-refractivity contribution in [2.75, 3.05) is 4.90 Å². The standard InChI is InChI=1S/C23H17FN2O/c1-16-7-13-20(14-8-16)26-22(18-5-3-2-4-6-18)25-21(23(26)27)15-17-9-11-19(24)12-10-17/h2-15H,1H3/b21-15+. The van der Waals surface area contributed by atoms with Gasteiger partial charge in [0.1, 0.15) is 17.3 Å². The third-order valence-electron chi connectivity index (χ3n) is 4.36. The van der Waals surface area contributed by atoms with Crippen molar-refractivity contribution in [2.45, 2.75) is 6.92 Å². The summed E-state index contributed by atoms with van der Waals surface area (Å²) in [7, 11) is 0. The SMILES string of the molecule is Cc1ccc(N2C(=O)/C(=C\c3ccc(F)cc3)N=C2c2ccccc2)cc1. The molecule has 3 nitrogen and oxygen atoms in total. The van der Waals surface area contributed by atoms with Gasteiger partial charge in [0, 0.05) is 5.56 Å². The number of amidine groups is 1. The monoisotopic (exact) mass is 356 g/mol. The Morgan fingerprint density at radius 2 is 1.56 bits per heavy atom. The van der Waals surface area contributed by atoms with Gasteiger partial charge in [-0.2, -0.15) is 0 Å². The fourth-order valence-corrected chi connectivity index (χ4v) is 2.95. The Bertz CT molecular complexity index is 1040. The number of amides is 1. The van der Waals surface area contributed by atoms with Crippen LogP contribution in [0.2, 0.25) is 0 Å². The van der Waals surface area contributed by atoms with Gasteiger partial charge in [0.25, 0.3) is 5.91 Å². The number of aryl methyl sites for hydroxylation is 1. The summed E-state index contributed by atoms with van der Waals surface area (Å²) in [5.74, 6) is 0.0597. The van der Waals surface area contributed by atoms with Crippen LogP contribution in [0.4, 0.5) is 10.1 Å². The molecule has 0 spiro atoms. The maximum atomic E-state index is 13.2. The molecule has 1 heterocycles. The van der Waals surface area contributed by atoms with Gasteiger partial charge in [0.15, 0.2) is 0 Å². The molecule has 0 bridgehead atoms. The van der Waals surface area contributed by atoms with Crippen LogP contribution in [0, 0.1) is 12.7 Å². The zero-order valence-electron chi connectivity index (χ0n) is 14.8. The number of rotatable bonds is 3. The number of halogens is 1. The predicted octanol–water partition coefficient (Wildman–Crippen LogP) is 4.97. The van der Waals surface area contributed by atoms with E-state index in [2.05, 4.69) is 4.99 Å². The maximum absolute atomic E-state index is 13.2. The normalized spacial score (nSPS) is 15.3. The minimum absolute atomic E-state index is 0.206. The topological polar surface area (TPSA) is 32.7 Å². The Balaban J connectivity index is 1.80. The van der Waals surface area contributed by atoms with Crippen molar-refractivity contribution in [3.63, 3.8) is 0 Å². The quantitative estimate of drug-likeness (QED) is 0.610. The molecule has 0 radical (unpaired) electrons. The first-order valence-electron chi connectivity index (χ1n) is 8.64. The Kier molecular flexibility index (Phi) is 4.38. The Labute approximate surface area is 157 Å². The second-order valence-corrected chi connectivity index (χ2v) is 6.36. The lowest BCUT2D eigenvalue weighted by molar-refractivity contribution is -0.113. The fraction of sp³-hybridized carbons (Fsp3) is 0.0435. The van der Waals surface area contributed by atoms with E-state index in [0.29, 0.717) is 11.5 Å². The van der Waals surface area contributed by atoms with Crippen molar-refractivity contribution in [3.8, 4) is 0 Å². The van der Waals surface area contributed by atoms with Crippen molar-refractivity contribution >= 4 is 23.5 Å². The zero-order chi connectivity index (χ0) is 18.8. The average Bonchev–Trinajstić information content (AvgIpc) is 3.01. The van der Waals surface area contributed by atoms with Gasteiger partial charge in [-0.05, 0) is 42.8 Å². The van der Waals surface area contributed by atoms with Crippen LogP contribution in [0.15, 0.2) is 89.6 Å². The third-order valence-corrected chi connectivity index (χ3v) is 4.36. The molecule has 0 unspecified atom stereocenters. The number of anilines is 1. The number of aliphatic imine (C=N–C) groups is 1. The zero-order valence-corrected chi connectivity index (χ0v) is 14.8. The van der Waals surface area contributed by atoms with Crippen LogP contribution in [0.5, 0.6) is 0 Å². The molecule has 0 aromatic heterocycles. The number of carbonyl (C=O) groups is 1. The van der Waals surface area contributed by atoms with Crippen LogP contribution in [0.1, 0.15) is 16.7 Å². The summed E-state index contributed by atoms with van der Waals surface area (Å²) in [6.07, 6.45) is 1.68. The molecule has 0 fully saturated rings. The molecule has 0 aliphatic carbocycles. The number of nitrogens with zero attached hydrogens (tertiary/aromatic N) is 2. The highest BCUT2D eigenvalue weighted by Gasteiger charge is 2.32. The van der Waals surface area contributed by atoms with Crippen molar-refractivity contribution in [2.24, 2.45) is 4.99 Å². The molecule has 0 saturated heterocycles. The van der Waals surface area contributed by atoms with Crippen molar-refractivity contribution in [1.29, 1.82) is 0 Å². The van der Waals surface area contributed by atoms with Crippen LogP contribution in [-0.4, -0.2) is 11.7 Å². The number of carbonyl (C=O) groups excluding carboxylic acids is 1. The molecule has 3 aromatic rings. The summed E-state index contributed by atoms with van der Waals surface area (Å²) >= 11 is 0. The summed E-state index contributed by atoms with van der Waals surface area (Å²) in [4.78, 5) is 19.3. The number of benzene rings is 3. The predicted molar refractivity (Wildman–Crippen MR) is 106 cm³/mol. The largest absolute Gasteiger partial charge is 0.282 e.